The summed E-state index contributed by atoms with van der Waals surface area (Å²) < 4.78 is 20.4. The highest BCUT2D eigenvalue weighted by Gasteiger charge is 2.52. The Kier molecular flexibility index (Phi) is 3.81. The molecule has 2 rings (SSSR count). The molecule has 1 fully saturated rings. The van der Waals surface area contributed by atoms with Gasteiger partial charge >= 0.3 is 0 Å². The van der Waals surface area contributed by atoms with Gasteiger partial charge in [0.2, 0.25) is 0 Å². The molecule has 1 saturated heterocycles. The number of benzene rings is 1. The van der Waals surface area contributed by atoms with E-state index in [9.17, 15) is 4.39 Å². The molecular formula is C14H19BrFNO. The number of nitrogens with two attached hydrogens (primary N) is 1. The monoisotopic (exact) mass is 315 g/mol. The highest BCUT2D eigenvalue weighted by Crippen LogP contribution is 2.50. The molecule has 0 saturated carbocycles. The van der Waals surface area contributed by atoms with Crippen molar-refractivity contribution >= 4 is 15.9 Å². The average molecular weight is 316 g/mol. The Balaban J connectivity index is 2.47. The third-order valence-corrected chi connectivity index (χ3v) is 4.70. The molecule has 0 aliphatic carbocycles. The lowest BCUT2D eigenvalue weighted by Gasteiger charge is -2.53. The topological polar surface area (TPSA) is 35.2 Å². The van der Waals surface area contributed by atoms with Crippen LogP contribution in [0.3, 0.4) is 0 Å². The zero-order chi connectivity index (χ0) is 13.4. The van der Waals surface area contributed by atoms with Crippen molar-refractivity contribution in [1.82, 2.24) is 0 Å². The van der Waals surface area contributed by atoms with Gasteiger partial charge in [-0.3, -0.25) is 0 Å². The summed E-state index contributed by atoms with van der Waals surface area (Å²) in [7, 11) is 0. The van der Waals surface area contributed by atoms with Gasteiger partial charge in [0.15, 0.2) is 0 Å². The standard InChI is InChI=1S/C14H19BrFNO/c1-13(2,5-6-17)14(8-18-9-14)11-7-10(15)3-4-12(11)16/h3-4,7H,5-6,8-9,17H2,1-2H3. The summed E-state index contributed by atoms with van der Waals surface area (Å²) in [6.07, 6.45) is 0.850. The minimum absolute atomic E-state index is 0.0817. The Morgan fingerprint density at radius 3 is 2.61 bits per heavy atom. The summed E-state index contributed by atoms with van der Waals surface area (Å²) in [5.74, 6) is -0.161. The fourth-order valence-electron chi connectivity index (χ4n) is 2.68. The maximum atomic E-state index is 14.1. The quantitative estimate of drug-likeness (QED) is 0.925. The third-order valence-electron chi connectivity index (χ3n) is 4.21. The van der Waals surface area contributed by atoms with Crippen LogP contribution < -0.4 is 5.73 Å². The van der Waals surface area contributed by atoms with Crippen molar-refractivity contribution in [2.24, 2.45) is 11.1 Å². The molecule has 1 aromatic carbocycles. The van der Waals surface area contributed by atoms with Crippen molar-refractivity contribution in [3.8, 4) is 0 Å². The Bertz CT molecular complexity index is 443. The van der Waals surface area contributed by atoms with E-state index in [-0.39, 0.29) is 16.6 Å². The smallest absolute Gasteiger partial charge is 0.127 e. The van der Waals surface area contributed by atoms with Gasteiger partial charge in [-0.1, -0.05) is 29.8 Å². The molecule has 1 aliphatic heterocycles. The van der Waals surface area contributed by atoms with Crippen LogP contribution in [0.25, 0.3) is 0 Å². The van der Waals surface area contributed by atoms with Crippen LogP contribution in [0, 0.1) is 11.2 Å². The molecule has 0 atom stereocenters. The molecule has 1 aromatic rings. The van der Waals surface area contributed by atoms with E-state index < -0.39 is 0 Å². The first-order valence-corrected chi connectivity index (χ1v) is 6.96. The van der Waals surface area contributed by atoms with E-state index in [1.165, 1.54) is 6.07 Å². The van der Waals surface area contributed by atoms with Gasteiger partial charge in [0.05, 0.1) is 18.6 Å². The first-order valence-electron chi connectivity index (χ1n) is 6.16. The highest BCUT2D eigenvalue weighted by atomic mass is 79.9. The van der Waals surface area contributed by atoms with Gasteiger partial charge in [-0.15, -0.1) is 0 Å². The van der Waals surface area contributed by atoms with Crippen molar-refractivity contribution in [2.75, 3.05) is 19.8 Å². The third kappa shape index (κ3) is 2.10. The van der Waals surface area contributed by atoms with Gasteiger partial charge in [0.25, 0.3) is 0 Å². The zero-order valence-corrected chi connectivity index (χ0v) is 12.4. The molecule has 4 heteroatoms. The summed E-state index contributed by atoms with van der Waals surface area (Å²) in [6, 6.07) is 5.11. The molecule has 0 unspecified atom stereocenters. The Morgan fingerprint density at radius 2 is 2.11 bits per heavy atom. The SMILES string of the molecule is CC(C)(CCN)C1(c2cc(Br)ccc2F)COC1. The second-order valence-electron chi connectivity index (χ2n) is 5.62. The van der Waals surface area contributed by atoms with Crippen LogP contribution in [0.5, 0.6) is 0 Å². The lowest BCUT2D eigenvalue weighted by atomic mass is 9.59. The number of rotatable bonds is 4. The van der Waals surface area contributed by atoms with E-state index in [1.54, 1.807) is 6.07 Å². The zero-order valence-electron chi connectivity index (χ0n) is 10.8. The molecule has 2 nitrogen and oxygen atoms in total. The predicted molar refractivity (Wildman–Crippen MR) is 74.0 cm³/mol. The molecule has 0 radical (unpaired) electrons. The summed E-state index contributed by atoms with van der Waals surface area (Å²) in [5, 5.41) is 0. The molecule has 1 heterocycles. The predicted octanol–water partition coefficient (Wildman–Crippen LogP) is 3.23. The molecule has 0 amide bonds. The van der Waals surface area contributed by atoms with Crippen LogP contribution >= 0.6 is 15.9 Å². The lowest BCUT2D eigenvalue weighted by molar-refractivity contribution is -0.122. The fourth-order valence-corrected chi connectivity index (χ4v) is 3.04. The molecular weight excluding hydrogens is 297 g/mol. The number of hydrogen-bond donors (Lipinski definition) is 1. The van der Waals surface area contributed by atoms with Gasteiger partial charge in [0, 0.05) is 10.0 Å². The number of ether oxygens (including phenoxy) is 1. The van der Waals surface area contributed by atoms with Gasteiger partial charge in [-0.2, -0.15) is 0 Å². The first-order chi connectivity index (χ1) is 8.43. The largest absolute Gasteiger partial charge is 0.379 e. The summed E-state index contributed by atoms with van der Waals surface area (Å²) in [4.78, 5) is 0. The van der Waals surface area contributed by atoms with Crippen LogP contribution in [-0.4, -0.2) is 19.8 Å². The van der Waals surface area contributed by atoms with Gasteiger partial charge in [-0.05, 0) is 36.6 Å². The first kappa shape index (κ1) is 14.0. The van der Waals surface area contributed by atoms with E-state index >= 15 is 0 Å². The number of halogens is 2. The Hall–Kier alpha value is -0.450. The highest BCUT2D eigenvalue weighted by molar-refractivity contribution is 9.10. The number of hydrogen-bond acceptors (Lipinski definition) is 2. The van der Waals surface area contributed by atoms with Crippen LogP contribution in [-0.2, 0) is 10.2 Å². The maximum absolute atomic E-state index is 14.1. The van der Waals surface area contributed by atoms with Crippen LogP contribution in [0.15, 0.2) is 22.7 Å². The molecule has 2 N–H and O–H groups in total. The Morgan fingerprint density at radius 1 is 1.44 bits per heavy atom. The molecule has 0 aromatic heterocycles. The fraction of sp³-hybridized carbons (Fsp3) is 0.571. The molecule has 100 valence electrons. The van der Waals surface area contributed by atoms with Crippen molar-refractivity contribution in [3.63, 3.8) is 0 Å². The van der Waals surface area contributed by atoms with Crippen molar-refractivity contribution in [1.29, 1.82) is 0 Å². The summed E-state index contributed by atoms with van der Waals surface area (Å²) >= 11 is 3.42. The van der Waals surface area contributed by atoms with Crippen LogP contribution in [0.4, 0.5) is 4.39 Å². The van der Waals surface area contributed by atoms with Gasteiger partial charge in [0.1, 0.15) is 5.82 Å². The molecule has 0 bridgehead atoms. The molecule has 1 aliphatic rings. The summed E-state index contributed by atoms with van der Waals surface area (Å²) in [5.41, 5.74) is 6.08. The van der Waals surface area contributed by atoms with Crippen LogP contribution in [0.2, 0.25) is 0 Å². The van der Waals surface area contributed by atoms with E-state index in [4.69, 9.17) is 10.5 Å². The Labute approximate surface area is 116 Å². The van der Waals surface area contributed by atoms with Crippen molar-refractivity contribution < 1.29 is 9.13 Å². The minimum atomic E-state index is -0.264. The maximum Gasteiger partial charge on any atom is 0.127 e. The average Bonchev–Trinajstić information content (AvgIpc) is 2.21. The van der Waals surface area contributed by atoms with Gasteiger partial charge < -0.3 is 10.5 Å². The van der Waals surface area contributed by atoms with E-state index in [2.05, 4.69) is 29.8 Å². The second-order valence-corrected chi connectivity index (χ2v) is 6.54. The normalized spacial score (nSPS) is 18.5. The molecule has 18 heavy (non-hydrogen) atoms. The van der Waals surface area contributed by atoms with Gasteiger partial charge in [-0.25, -0.2) is 4.39 Å². The second kappa shape index (κ2) is 4.91. The molecule has 0 spiro atoms. The lowest BCUT2D eigenvalue weighted by Crippen LogP contribution is -2.57. The van der Waals surface area contributed by atoms with Crippen LogP contribution in [0.1, 0.15) is 25.8 Å². The van der Waals surface area contributed by atoms with Crippen molar-refractivity contribution in [3.05, 3.63) is 34.1 Å². The minimum Gasteiger partial charge on any atom is -0.379 e. The van der Waals surface area contributed by atoms with E-state index in [1.807, 2.05) is 6.07 Å². The summed E-state index contributed by atoms with van der Waals surface area (Å²) in [6.45, 7) is 6.01. The van der Waals surface area contributed by atoms with E-state index in [0.29, 0.717) is 19.8 Å². The van der Waals surface area contributed by atoms with Crippen molar-refractivity contribution in [2.45, 2.75) is 25.7 Å². The van der Waals surface area contributed by atoms with E-state index in [0.717, 1.165) is 16.5 Å².